The Kier molecular flexibility index (Phi) is 3.40. The van der Waals surface area contributed by atoms with Crippen LogP contribution in [0.15, 0.2) is 18.2 Å². The molecule has 3 rings (SSSR count). The van der Waals surface area contributed by atoms with Gasteiger partial charge in [-0.1, -0.05) is 5.21 Å². The van der Waals surface area contributed by atoms with E-state index < -0.39 is 5.97 Å². The zero-order valence-corrected chi connectivity index (χ0v) is 11.3. The summed E-state index contributed by atoms with van der Waals surface area (Å²) in [6.45, 7) is 3.67. The van der Waals surface area contributed by atoms with E-state index in [1.807, 2.05) is 4.68 Å². The first-order valence-electron chi connectivity index (χ1n) is 6.83. The third-order valence-electron chi connectivity index (χ3n) is 4.05. The number of hydrogen-bond donors (Lipinski definition) is 1. The predicted octanol–water partition coefficient (Wildman–Crippen LogP) is 2.12. The summed E-state index contributed by atoms with van der Waals surface area (Å²) in [6, 6.07) is 5.10. The molecule has 1 fully saturated rings. The minimum absolute atomic E-state index is 0.188. The Hall–Kier alpha value is -1.95. The average molecular weight is 275 g/mol. The van der Waals surface area contributed by atoms with Crippen LogP contribution in [-0.2, 0) is 4.74 Å². The molecule has 0 aliphatic carbocycles. The molecule has 0 radical (unpaired) electrons. The maximum absolute atomic E-state index is 11.1. The van der Waals surface area contributed by atoms with E-state index in [4.69, 9.17) is 9.84 Å². The number of aromatic nitrogens is 3. The van der Waals surface area contributed by atoms with Crippen LogP contribution in [0.5, 0.6) is 0 Å². The zero-order valence-electron chi connectivity index (χ0n) is 11.3. The first kappa shape index (κ1) is 13.1. The number of ether oxygens (including phenoxy) is 1. The number of nitrogens with zero attached hydrogens (tertiary/aromatic N) is 3. The third kappa shape index (κ3) is 2.27. The molecule has 1 atom stereocenters. The largest absolute Gasteiger partial charge is 0.478 e. The van der Waals surface area contributed by atoms with Crippen molar-refractivity contribution in [3.63, 3.8) is 0 Å². The van der Waals surface area contributed by atoms with Gasteiger partial charge in [0.2, 0.25) is 0 Å². The molecule has 1 N–H and O–H groups in total. The summed E-state index contributed by atoms with van der Waals surface area (Å²) in [4.78, 5) is 11.1. The molecule has 1 aliphatic rings. The maximum atomic E-state index is 11.1. The van der Waals surface area contributed by atoms with Crippen LogP contribution in [0, 0.1) is 5.92 Å². The van der Waals surface area contributed by atoms with Crippen molar-refractivity contribution >= 4 is 17.0 Å². The van der Waals surface area contributed by atoms with Gasteiger partial charge in [0.1, 0.15) is 5.52 Å². The molecule has 6 nitrogen and oxygen atoms in total. The van der Waals surface area contributed by atoms with E-state index in [-0.39, 0.29) is 11.6 Å². The van der Waals surface area contributed by atoms with Crippen molar-refractivity contribution in [3.8, 4) is 0 Å². The fraction of sp³-hybridized carbons (Fsp3) is 0.500. The Morgan fingerprint density at radius 2 is 2.20 bits per heavy atom. The van der Waals surface area contributed by atoms with Gasteiger partial charge in [-0.15, -0.1) is 5.10 Å². The molecular formula is C14H17N3O3. The van der Waals surface area contributed by atoms with Gasteiger partial charge in [-0.25, -0.2) is 9.48 Å². The highest BCUT2D eigenvalue weighted by Gasteiger charge is 2.24. The second-order valence-electron chi connectivity index (χ2n) is 5.23. The van der Waals surface area contributed by atoms with E-state index in [2.05, 4.69) is 17.2 Å². The maximum Gasteiger partial charge on any atom is 0.335 e. The van der Waals surface area contributed by atoms with E-state index in [1.165, 1.54) is 0 Å². The smallest absolute Gasteiger partial charge is 0.335 e. The van der Waals surface area contributed by atoms with Crippen molar-refractivity contribution < 1.29 is 14.6 Å². The van der Waals surface area contributed by atoms with Crippen LogP contribution >= 0.6 is 0 Å². The van der Waals surface area contributed by atoms with Gasteiger partial charge in [-0.2, -0.15) is 0 Å². The van der Waals surface area contributed by atoms with Crippen molar-refractivity contribution in [1.82, 2.24) is 15.0 Å². The molecule has 1 unspecified atom stereocenters. The summed E-state index contributed by atoms with van der Waals surface area (Å²) in [5, 5.41) is 17.4. The van der Waals surface area contributed by atoms with Gasteiger partial charge in [-0.3, -0.25) is 0 Å². The molecule has 1 saturated heterocycles. The highest BCUT2D eigenvalue weighted by atomic mass is 16.5. The molecule has 2 aromatic rings. The van der Waals surface area contributed by atoms with Crippen molar-refractivity contribution in [1.29, 1.82) is 0 Å². The van der Waals surface area contributed by atoms with Crippen LogP contribution in [-0.4, -0.2) is 39.3 Å². The first-order chi connectivity index (χ1) is 9.66. The van der Waals surface area contributed by atoms with Gasteiger partial charge in [0.05, 0.1) is 17.1 Å². The molecule has 0 bridgehead atoms. The van der Waals surface area contributed by atoms with Crippen LogP contribution in [0.1, 0.15) is 36.2 Å². The molecule has 0 amide bonds. The molecule has 1 aromatic heterocycles. The Morgan fingerprint density at radius 1 is 1.45 bits per heavy atom. The monoisotopic (exact) mass is 275 g/mol. The van der Waals surface area contributed by atoms with Crippen LogP contribution in [0.2, 0.25) is 0 Å². The van der Waals surface area contributed by atoms with E-state index in [1.54, 1.807) is 18.2 Å². The lowest BCUT2D eigenvalue weighted by Crippen LogP contribution is -2.24. The molecule has 0 spiro atoms. The normalized spacial score (nSPS) is 18.2. The fourth-order valence-corrected chi connectivity index (χ4v) is 2.77. The Labute approximate surface area is 116 Å². The number of carbonyl (C=O) groups is 1. The number of hydrogen-bond acceptors (Lipinski definition) is 4. The number of benzene rings is 1. The zero-order chi connectivity index (χ0) is 14.1. The van der Waals surface area contributed by atoms with Gasteiger partial charge in [-0.05, 0) is 43.9 Å². The van der Waals surface area contributed by atoms with Gasteiger partial charge in [0.25, 0.3) is 0 Å². The summed E-state index contributed by atoms with van der Waals surface area (Å²) in [7, 11) is 0. The second kappa shape index (κ2) is 5.20. The summed E-state index contributed by atoms with van der Waals surface area (Å²) in [5.41, 5.74) is 1.78. The average Bonchev–Trinajstić information content (AvgIpc) is 2.90. The van der Waals surface area contributed by atoms with Gasteiger partial charge < -0.3 is 9.84 Å². The van der Waals surface area contributed by atoms with E-state index in [9.17, 15) is 4.79 Å². The molecule has 2 heterocycles. The van der Waals surface area contributed by atoms with Gasteiger partial charge >= 0.3 is 5.97 Å². The molecular weight excluding hydrogens is 258 g/mol. The van der Waals surface area contributed by atoms with Crippen molar-refractivity contribution in [2.24, 2.45) is 5.92 Å². The lowest BCUT2D eigenvalue weighted by Gasteiger charge is -2.27. The predicted molar refractivity (Wildman–Crippen MR) is 72.7 cm³/mol. The van der Waals surface area contributed by atoms with Crippen molar-refractivity contribution in [3.05, 3.63) is 23.8 Å². The van der Waals surface area contributed by atoms with Crippen molar-refractivity contribution in [2.75, 3.05) is 13.2 Å². The highest BCUT2D eigenvalue weighted by molar-refractivity contribution is 5.92. The van der Waals surface area contributed by atoms with E-state index in [0.29, 0.717) is 5.92 Å². The summed E-state index contributed by atoms with van der Waals surface area (Å²) in [6.07, 6.45) is 2.00. The fourth-order valence-electron chi connectivity index (χ4n) is 2.77. The van der Waals surface area contributed by atoms with E-state index >= 15 is 0 Å². The van der Waals surface area contributed by atoms with Crippen LogP contribution in [0.25, 0.3) is 11.0 Å². The molecule has 1 aliphatic heterocycles. The second-order valence-corrected chi connectivity index (χ2v) is 5.23. The molecule has 0 saturated carbocycles. The van der Waals surface area contributed by atoms with Crippen LogP contribution in [0.4, 0.5) is 0 Å². The number of carboxylic acid groups (broad SMARTS) is 1. The number of carboxylic acids is 1. The summed E-state index contributed by atoms with van der Waals surface area (Å²) in [5.74, 6) is -0.444. The number of rotatable bonds is 3. The number of aromatic carboxylic acids is 1. The molecule has 1 aromatic carbocycles. The number of fused-ring (bicyclic) bond motifs is 1. The third-order valence-corrected chi connectivity index (χ3v) is 4.05. The van der Waals surface area contributed by atoms with E-state index in [0.717, 1.165) is 37.1 Å². The van der Waals surface area contributed by atoms with Crippen LogP contribution < -0.4 is 0 Å². The lowest BCUT2D eigenvalue weighted by molar-refractivity contribution is 0.0499. The van der Waals surface area contributed by atoms with Gasteiger partial charge in [0, 0.05) is 13.2 Å². The quantitative estimate of drug-likeness (QED) is 0.928. The summed E-state index contributed by atoms with van der Waals surface area (Å²) >= 11 is 0. The highest BCUT2D eigenvalue weighted by Crippen LogP contribution is 2.29. The summed E-state index contributed by atoms with van der Waals surface area (Å²) < 4.78 is 7.23. The Balaban J connectivity index is 1.97. The Morgan fingerprint density at radius 3 is 2.90 bits per heavy atom. The van der Waals surface area contributed by atoms with Crippen molar-refractivity contribution in [2.45, 2.75) is 25.8 Å². The minimum Gasteiger partial charge on any atom is -0.478 e. The minimum atomic E-state index is -0.932. The Bertz CT molecular complexity index is 632. The SMILES string of the molecule is CC(C1CCOCC1)n1nnc2ccc(C(=O)O)cc21. The molecule has 106 valence electrons. The lowest BCUT2D eigenvalue weighted by atomic mass is 9.93. The molecule has 20 heavy (non-hydrogen) atoms. The van der Waals surface area contributed by atoms with Gasteiger partial charge in [0.15, 0.2) is 0 Å². The molecule has 6 heteroatoms. The first-order valence-corrected chi connectivity index (χ1v) is 6.83. The standard InChI is InChI=1S/C14H17N3O3/c1-9(10-4-6-20-7-5-10)17-13-8-11(14(18)19)2-3-12(13)15-16-17/h2-3,8-10H,4-7H2,1H3,(H,18,19). The topological polar surface area (TPSA) is 77.2 Å². The van der Waals surface area contributed by atoms with Crippen LogP contribution in [0.3, 0.4) is 0 Å².